The second-order valence-corrected chi connectivity index (χ2v) is 4.47. The molecule has 66 valence electrons. The van der Waals surface area contributed by atoms with Crippen molar-refractivity contribution in [3.63, 3.8) is 0 Å². The molecule has 0 amide bonds. The van der Waals surface area contributed by atoms with E-state index in [2.05, 4.69) is 25.9 Å². The molecule has 0 unspecified atom stereocenters. The maximum atomic E-state index is 5.84. The van der Waals surface area contributed by atoms with E-state index < -0.39 is 0 Å². The highest BCUT2D eigenvalue weighted by atomic mass is 79.9. The van der Waals surface area contributed by atoms with E-state index in [0.29, 0.717) is 11.0 Å². The highest BCUT2D eigenvalue weighted by Gasteiger charge is 2.04. The van der Waals surface area contributed by atoms with Crippen molar-refractivity contribution in [2.75, 3.05) is 0 Å². The number of rotatable bonds is 1. The number of nitrogens with zero attached hydrogens (tertiary/aromatic N) is 2. The fraction of sp³-hybridized carbons (Fsp3) is 0. The molecule has 0 spiro atoms. The van der Waals surface area contributed by atoms with Crippen LogP contribution in [0, 0.1) is 0 Å². The average molecular weight is 276 g/mol. The molecule has 0 aromatic carbocycles. The van der Waals surface area contributed by atoms with Gasteiger partial charge in [-0.15, -0.1) is 11.3 Å². The van der Waals surface area contributed by atoms with Crippen molar-refractivity contribution in [3.05, 3.63) is 33.3 Å². The van der Waals surface area contributed by atoms with Crippen molar-refractivity contribution < 1.29 is 0 Å². The summed E-state index contributed by atoms with van der Waals surface area (Å²) < 4.78 is 0.717. The van der Waals surface area contributed by atoms with Gasteiger partial charge in [-0.25, -0.2) is 9.97 Å². The summed E-state index contributed by atoms with van der Waals surface area (Å²) in [5.41, 5.74) is 0. The van der Waals surface area contributed by atoms with Gasteiger partial charge in [-0.05, 0) is 27.4 Å². The van der Waals surface area contributed by atoms with E-state index in [9.17, 15) is 0 Å². The number of hydrogen-bond acceptors (Lipinski definition) is 3. The molecular formula is C8H4BrClN2S. The molecule has 2 aromatic heterocycles. The van der Waals surface area contributed by atoms with E-state index in [1.54, 1.807) is 17.5 Å². The van der Waals surface area contributed by atoms with Crippen molar-refractivity contribution in [3.8, 4) is 10.7 Å². The van der Waals surface area contributed by atoms with Crippen LogP contribution in [0.1, 0.15) is 0 Å². The zero-order chi connectivity index (χ0) is 9.26. The second kappa shape index (κ2) is 3.74. The van der Waals surface area contributed by atoms with Gasteiger partial charge in [-0.3, -0.25) is 0 Å². The monoisotopic (exact) mass is 274 g/mol. The van der Waals surface area contributed by atoms with Gasteiger partial charge in [0.2, 0.25) is 0 Å². The first kappa shape index (κ1) is 9.12. The van der Waals surface area contributed by atoms with Gasteiger partial charge in [-0.2, -0.15) is 0 Å². The number of halogens is 2. The summed E-state index contributed by atoms with van der Waals surface area (Å²) in [6.45, 7) is 0. The van der Waals surface area contributed by atoms with Crippen LogP contribution in [-0.2, 0) is 0 Å². The predicted octanol–water partition coefficient (Wildman–Crippen LogP) is 3.62. The summed E-state index contributed by atoms with van der Waals surface area (Å²) in [5, 5.41) is 2.42. The fourth-order valence-electron chi connectivity index (χ4n) is 0.871. The highest BCUT2D eigenvalue weighted by Crippen LogP contribution is 2.25. The molecule has 0 aliphatic carbocycles. The lowest BCUT2D eigenvalue weighted by molar-refractivity contribution is 1.17. The van der Waals surface area contributed by atoms with Gasteiger partial charge < -0.3 is 0 Å². The molecule has 2 rings (SSSR count). The summed E-state index contributed by atoms with van der Waals surface area (Å²) in [6, 6.07) is 3.92. The van der Waals surface area contributed by atoms with Crippen LogP contribution < -0.4 is 0 Å². The highest BCUT2D eigenvalue weighted by molar-refractivity contribution is 9.10. The van der Waals surface area contributed by atoms with Crippen molar-refractivity contribution in [2.24, 2.45) is 0 Å². The molecule has 0 atom stereocenters. The zero-order valence-corrected chi connectivity index (χ0v) is 9.53. The summed E-state index contributed by atoms with van der Waals surface area (Å²) in [5.74, 6) is 0.670. The van der Waals surface area contributed by atoms with Gasteiger partial charge in [0, 0.05) is 6.20 Å². The molecule has 0 N–H and O–H groups in total. The van der Waals surface area contributed by atoms with Gasteiger partial charge in [0.25, 0.3) is 0 Å². The van der Waals surface area contributed by atoms with Crippen LogP contribution in [0.5, 0.6) is 0 Å². The quantitative estimate of drug-likeness (QED) is 0.743. The molecular weight excluding hydrogens is 272 g/mol. The largest absolute Gasteiger partial charge is 0.235 e. The Labute approximate surface area is 92.7 Å². The van der Waals surface area contributed by atoms with Gasteiger partial charge in [0.05, 0.1) is 9.35 Å². The molecule has 2 heterocycles. The van der Waals surface area contributed by atoms with Crippen LogP contribution in [0.4, 0.5) is 0 Å². The first-order valence-electron chi connectivity index (χ1n) is 3.49. The Morgan fingerprint density at radius 1 is 1.46 bits per heavy atom. The van der Waals surface area contributed by atoms with Gasteiger partial charge in [0.15, 0.2) is 5.82 Å². The Bertz CT molecular complexity index is 416. The van der Waals surface area contributed by atoms with E-state index in [1.807, 2.05) is 17.5 Å². The van der Waals surface area contributed by atoms with Crippen molar-refractivity contribution >= 4 is 38.9 Å². The lowest BCUT2D eigenvalue weighted by Crippen LogP contribution is -1.86. The first-order valence-corrected chi connectivity index (χ1v) is 5.54. The van der Waals surface area contributed by atoms with Gasteiger partial charge in [-0.1, -0.05) is 17.7 Å². The topological polar surface area (TPSA) is 25.8 Å². The van der Waals surface area contributed by atoms with Gasteiger partial charge in [0.1, 0.15) is 5.15 Å². The fourth-order valence-corrected chi connectivity index (χ4v) is 1.86. The third-order valence-electron chi connectivity index (χ3n) is 1.44. The lowest BCUT2D eigenvalue weighted by Gasteiger charge is -1.97. The van der Waals surface area contributed by atoms with E-state index >= 15 is 0 Å². The summed E-state index contributed by atoms with van der Waals surface area (Å²) in [4.78, 5) is 9.31. The van der Waals surface area contributed by atoms with Crippen molar-refractivity contribution in [1.29, 1.82) is 0 Å². The number of aromatic nitrogens is 2. The number of thiophene rings is 1. The maximum Gasteiger partial charge on any atom is 0.171 e. The minimum Gasteiger partial charge on any atom is -0.235 e. The Kier molecular flexibility index (Phi) is 2.62. The smallest absolute Gasteiger partial charge is 0.171 e. The Hall–Kier alpha value is -0.450. The van der Waals surface area contributed by atoms with E-state index in [1.165, 1.54) is 0 Å². The summed E-state index contributed by atoms with van der Waals surface area (Å²) in [7, 11) is 0. The molecule has 13 heavy (non-hydrogen) atoms. The zero-order valence-electron chi connectivity index (χ0n) is 6.37. The average Bonchev–Trinajstić information content (AvgIpc) is 2.62. The van der Waals surface area contributed by atoms with E-state index in [-0.39, 0.29) is 0 Å². The molecule has 0 aliphatic rings. The molecule has 0 radical (unpaired) electrons. The molecule has 0 saturated heterocycles. The molecule has 2 aromatic rings. The van der Waals surface area contributed by atoms with Crippen LogP contribution in [0.25, 0.3) is 10.7 Å². The van der Waals surface area contributed by atoms with Crippen molar-refractivity contribution in [1.82, 2.24) is 9.97 Å². The molecule has 0 saturated carbocycles. The predicted molar refractivity (Wildman–Crippen MR) is 58.1 cm³/mol. The summed E-state index contributed by atoms with van der Waals surface area (Å²) >= 11 is 10.7. The minimum atomic E-state index is 0.443. The minimum absolute atomic E-state index is 0.443. The first-order chi connectivity index (χ1) is 6.27. The Morgan fingerprint density at radius 2 is 2.31 bits per heavy atom. The Balaban J connectivity index is 2.49. The van der Waals surface area contributed by atoms with E-state index in [0.717, 1.165) is 9.35 Å². The normalized spacial score (nSPS) is 10.3. The van der Waals surface area contributed by atoms with Crippen LogP contribution >= 0.6 is 38.9 Å². The lowest BCUT2D eigenvalue weighted by atomic mass is 10.4. The van der Waals surface area contributed by atoms with Crippen LogP contribution in [0.2, 0.25) is 5.15 Å². The standard InChI is InChI=1S/C8H4BrClN2S/c9-5-4-11-8(12-7(5)10)6-2-1-3-13-6/h1-4H. The van der Waals surface area contributed by atoms with Crippen molar-refractivity contribution in [2.45, 2.75) is 0 Å². The van der Waals surface area contributed by atoms with Gasteiger partial charge >= 0.3 is 0 Å². The van der Waals surface area contributed by atoms with Crippen LogP contribution in [0.3, 0.4) is 0 Å². The molecule has 0 fully saturated rings. The second-order valence-electron chi connectivity index (χ2n) is 2.31. The maximum absolute atomic E-state index is 5.84. The number of hydrogen-bond donors (Lipinski definition) is 0. The van der Waals surface area contributed by atoms with Crippen LogP contribution in [-0.4, -0.2) is 9.97 Å². The Morgan fingerprint density at radius 3 is 2.92 bits per heavy atom. The molecule has 0 aliphatic heterocycles. The third-order valence-corrected chi connectivity index (χ3v) is 3.41. The van der Waals surface area contributed by atoms with Crippen LogP contribution in [0.15, 0.2) is 28.2 Å². The molecule has 5 heteroatoms. The SMILES string of the molecule is Clc1nc(-c2cccs2)ncc1Br. The third kappa shape index (κ3) is 1.90. The molecule has 0 bridgehead atoms. The molecule has 2 nitrogen and oxygen atoms in total. The summed E-state index contributed by atoms with van der Waals surface area (Å²) in [6.07, 6.45) is 1.66. The van der Waals surface area contributed by atoms with E-state index in [4.69, 9.17) is 11.6 Å².